The van der Waals surface area contributed by atoms with E-state index in [9.17, 15) is 18.0 Å². The number of sulfonamides is 1. The van der Waals surface area contributed by atoms with E-state index in [2.05, 4.69) is 0 Å². The van der Waals surface area contributed by atoms with E-state index < -0.39 is 34.4 Å². The van der Waals surface area contributed by atoms with Gasteiger partial charge in [-0.3, -0.25) is 9.59 Å². The number of nitrogens with one attached hydrogen (secondary N) is 1. The third-order valence-electron chi connectivity index (χ3n) is 2.16. The van der Waals surface area contributed by atoms with Crippen LogP contribution in [0.5, 0.6) is 0 Å². The zero-order valence-electron chi connectivity index (χ0n) is 9.71. The maximum atomic E-state index is 12.0. The van der Waals surface area contributed by atoms with Crippen molar-refractivity contribution in [3.63, 3.8) is 0 Å². The number of benzene rings is 1. The molecule has 0 amide bonds. The minimum atomic E-state index is -4.28. The fourth-order valence-electron chi connectivity index (χ4n) is 1.30. The molecule has 0 bridgehead atoms. The van der Waals surface area contributed by atoms with Gasteiger partial charge in [-0.25, -0.2) is 8.42 Å². The van der Waals surface area contributed by atoms with Gasteiger partial charge in [0.25, 0.3) is 0 Å². The van der Waals surface area contributed by atoms with E-state index in [1.807, 2.05) is 0 Å². The summed E-state index contributed by atoms with van der Waals surface area (Å²) in [5.74, 6) is -3.07. The molecule has 0 heterocycles. The number of aliphatic carboxylic acids is 2. The molecule has 0 aliphatic heterocycles. The molecule has 1 rings (SSSR count). The minimum Gasteiger partial charge on any atom is -0.481 e. The summed E-state index contributed by atoms with van der Waals surface area (Å²) in [5.41, 5.74) is 0. The van der Waals surface area contributed by atoms with Gasteiger partial charge in [-0.05, 0) is 18.2 Å². The fourth-order valence-corrected chi connectivity index (χ4v) is 3.26. The predicted molar refractivity (Wildman–Crippen MR) is 70.5 cm³/mol. The van der Waals surface area contributed by atoms with Crippen LogP contribution in [-0.4, -0.2) is 36.6 Å². The molecular formula is C10H9Cl2NO6S. The summed E-state index contributed by atoms with van der Waals surface area (Å²) in [7, 11) is -4.28. The first-order valence-electron chi connectivity index (χ1n) is 5.05. The summed E-state index contributed by atoms with van der Waals surface area (Å²) in [6.07, 6.45) is -0.903. The van der Waals surface area contributed by atoms with Crippen molar-refractivity contribution in [2.45, 2.75) is 17.4 Å². The molecule has 7 nitrogen and oxygen atoms in total. The summed E-state index contributed by atoms with van der Waals surface area (Å²) in [6.45, 7) is 0. The monoisotopic (exact) mass is 341 g/mol. The number of carboxylic acids is 2. The first-order valence-corrected chi connectivity index (χ1v) is 7.29. The Kier molecular flexibility index (Phi) is 5.35. The van der Waals surface area contributed by atoms with Crippen LogP contribution in [0.25, 0.3) is 0 Å². The van der Waals surface area contributed by atoms with Crippen LogP contribution in [0.1, 0.15) is 6.42 Å². The Labute approximate surface area is 124 Å². The van der Waals surface area contributed by atoms with Crippen molar-refractivity contribution in [1.82, 2.24) is 4.72 Å². The highest BCUT2D eigenvalue weighted by molar-refractivity contribution is 7.89. The standard InChI is InChI=1S/C10H9Cl2NO6S/c11-5-1-2-8(6(12)3-5)20(18,19)13-7(10(16)17)4-9(14)15/h1-3,7,13H,4H2,(H,14,15)(H,16,17)/t7-/m0/s1. The quantitative estimate of drug-likeness (QED) is 0.714. The average Bonchev–Trinajstić information content (AvgIpc) is 2.26. The summed E-state index contributed by atoms with van der Waals surface area (Å²) in [6, 6.07) is 1.72. The van der Waals surface area contributed by atoms with Crippen molar-refractivity contribution in [2.75, 3.05) is 0 Å². The number of rotatable bonds is 6. The molecule has 1 aromatic rings. The van der Waals surface area contributed by atoms with E-state index in [1.165, 1.54) is 12.1 Å². The lowest BCUT2D eigenvalue weighted by atomic mass is 10.2. The highest BCUT2D eigenvalue weighted by Crippen LogP contribution is 2.25. The van der Waals surface area contributed by atoms with E-state index in [1.54, 1.807) is 4.72 Å². The lowest BCUT2D eigenvalue weighted by molar-refractivity contribution is -0.145. The van der Waals surface area contributed by atoms with Crippen molar-refractivity contribution in [2.24, 2.45) is 0 Å². The smallest absolute Gasteiger partial charge is 0.322 e. The number of hydrogen-bond acceptors (Lipinski definition) is 4. The van der Waals surface area contributed by atoms with Gasteiger partial charge >= 0.3 is 11.9 Å². The van der Waals surface area contributed by atoms with E-state index in [-0.39, 0.29) is 14.9 Å². The maximum Gasteiger partial charge on any atom is 0.322 e. The van der Waals surface area contributed by atoms with Gasteiger partial charge in [-0.2, -0.15) is 4.72 Å². The van der Waals surface area contributed by atoms with Crippen LogP contribution in [0, 0.1) is 0 Å². The van der Waals surface area contributed by atoms with E-state index >= 15 is 0 Å². The minimum absolute atomic E-state index is 0.203. The molecule has 0 fully saturated rings. The van der Waals surface area contributed by atoms with Crippen LogP contribution in [0.4, 0.5) is 0 Å². The Bertz CT molecular complexity index is 645. The second-order valence-corrected chi connectivity index (χ2v) is 6.21. The first-order chi connectivity index (χ1) is 9.13. The zero-order valence-corrected chi connectivity index (χ0v) is 12.0. The van der Waals surface area contributed by atoms with Crippen molar-refractivity contribution in [3.8, 4) is 0 Å². The molecule has 0 unspecified atom stereocenters. The van der Waals surface area contributed by atoms with Crippen LogP contribution in [-0.2, 0) is 19.6 Å². The van der Waals surface area contributed by atoms with Crippen LogP contribution >= 0.6 is 23.2 Å². The van der Waals surface area contributed by atoms with Crippen LogP contribution < -0.4 is 4.72 Å². The second-order valence-electron chi connectivity index (χ2n) is 3.68. The molecule has 0 radical (unpaired) electrons. The zero-order chi connectivity index (χ0) is 15.5. The molecule has 0 saturated heterocycles. The largest absolute Gasteiger partial charge is 0.481 e. The highest BCUT2D eigenvalue weighted by Gasteiger charge is 2.28. The Hall–Kier alpha value is -1.35. The number of carbonyl (C=O) groups is 2. The molecule has 0 saturated carbocycles. The van der Waals surface area contributed by atoms with Crippen molar-refractivity contribution in [3.05, 3.63) is 28.2 Å². The van der Waals surface area contributed by atoms with Gasteiger partial charge in [0.1, 0.15) is 10.9 Å². The van der Waals surface area contributed by atoms with Crippen molar-refractivity contribution in [1.29, 1.82) is 0 Å². The molecule has 110 valence electrons. The van der Waals surface area contributed by atoms with Gasteiger partial charge in [-0.1, -0.05) is 23.2 Å². The third kappa shape index (κ3) is 4.34. The van der Waals surface area contributed by atoms with Gasteiger partial charge in [0.15, 0.2) is 0 Å². The second kappa shape index (κ2) is 6.40. The molecule has 0 aliphatic carbocycles. The maximum absolute atomic E-state index is 12.0. The first kappa shape index (κ1) is 16.7. The number of carboxylic acid groups (broad SMARTS) is 2. The van der Waals surface area contributed by atoms with Crippen LogP contribution in [0.3, 0.4) is 0 Å². The Morgan fingerprint density at radius 3 is 2.30 bits per heavy atom. The molecule has 1 aromatic carbocycles. The van der Waals surface area contributed by atoms with Gasteiger partial charge in [0.05, 0.1) is 11.4 Å². The molecule has 1 atom stereocenters. The van der Waals surface area contributed by atoms with E-state index in [0.29, 0.717) is 0 Å². The SMILES string of the molecule is O=C(O)C[C@H](NS(=O)(=O)c1ccc(Cl)cc1Cl)C(=O)O. The highest BCUT2D eigenvalue weighted by atomic mass is 35.5. The normalized spacial score (nSPS) is 12.9. The van der Waals surface area contributed by atoms with Crippen molar-refractivity contribution >= 4 is 45.2 Å². The third-order valence-corrected chi connectivity index (χ3v) is 4.35. The molecule has 0 aliphatic rings. The summed E-state index contributed by atoms with van der Waals surface area (Å²) in [4.78, 5) is 21.0. The Balaban J connectivity index is 3.09. The fraction of sp³-hybridized carbons (Fsp3) is 0.200. The van der Waals surface area contributed by atoms with Crippen LogP contribution in [0.2, 0.25) is 10.0 Å². The van der Waals surface area contributed by atoms with Gasteiger partial charge in [0.2, 0.25) is 10.0 Å². The average molecular weight is 342 g/mol. The number of halogens is 2. The molecule has 0 aromatic heterocycles. The molecule has 20 heavy (non-hydrogen) atoms. The summed E-state index contributed by atoms with van der Waals surface area (Å²) >= 11 is 11.3. The molecular weight excluding hydrogens is 333 g/mol. The van der Waals surface area contributed by atoms with Crippen molar-refractivity contribution < 1.29 is 28.2 Å². The van der Waals surface area contributed by atoms with Gasteiger partial charge < -0.3 is 10.2 Å². The topological polar surface area (TPSA) is 121 Å². The molecule has 3 N–H and O–H groups in total. The number of hydrogen-bond donors (Lipinski definition) is 3. The Morgan fingerprint density at radius 2 is 1.85 bits per heavy atom. The summed E-state index contributed by atoms with van der Waals surface area (Å²) in [5, 5.41) is 17.3. The van der Waals surface area contributed by atoms with Crippen LogP contribution in [0.15, 0.2) is 23.1 Å². The van der Waals surface area contributed by atoms with E-state index in [0.717, 1.165) is 6.07 Å². The lowest BCUT2D eigenvalue weighted by Gasteiger charge is -2.13. The predicted octanol–water partition coefficient (Wildman–Crippen LogP) is 1.20. The van der Waals surface area contributed by atoms with E-state index in [4.69, 9.17) is 33.4 Å². The Morgan fingerprint density at radius 1 is 1.25 bits per heavy atom. The summed E-state index contributed by atoms with van der Waals surface area (Å²) < 4.78 is 25.7. The molecule has 10 heteroatoms. The van der Waals surface area contributed by atoms with Gasteiger partial charge in [-0.15, -0.1) is 0 Å². The van der Waals surface area contributed by atoms with Gasteiger partial charge in [0, 0.05) is 5.02 Å². The molecule has 0 spiro atoms. The lowest BCUT2D eigenvalue weighted by Crippen LogP contribution is -2.42.